The van der Waals surface area contributed by atoms with Crippen molar-refractivity contribution in [3.05, 3.63) is 59.4 Å². The highest BCUT2D eigenvalue weighted by Crippen LogP contribution is 2.22. The van der Waals surface area contributed by atoms with Crippen molar-refractivity contribution < 1.29 is 22.9 Å². The molecule has 1 aromatic carbocycles. The second-order valence-corrected chi connectivity index (χ2v) is 7.85. The SMILES string of the molecule is Cc1occc1C(=O)Nc1cc(NC(=O)CCc2nc(C(C)(C)C)no2)ccc1F. The number of aromatic nitrogens is 2. The number of benzene rings is 1. The summed E-state index contributed by atoms with van der Waals surface area (Å²) in [6.45, 7) is 7.53. The van der Waals surface area contributed by atoms with Gasteiger partial charge in [-0.1, -0.05) is 25.9 Å². The molecule has 0 radical (unpaired) electrons. The lowest BCUT2D eigenvalue weighted by Crippen LogP contribution is -2.15. The number of hydrogen-bond donors (Lipinski definition) is 2. The summed E-state index contributed by atoms with van der Waals surface area (Å²) in [5.74, 6) is -0.0619. The quantitative estimate of drug-likeness (QED) is 0.624. The number of furan rings is 1. The molecule has 3 aromatic rings. The van der Waals surface area contributed by atoms with Gasteiger partial charge in [0.1, 0.15) is 11.6 Å². The van der Waals surface area contributed by atoms with E-state index in [9.17, 15) is 14.0 Å². The maximum absolute atomic E-state index is 14.1. The van der Waals surface area contributed by atoms with Crippen LogP contribution in [0, 0.1) is 12.7 Å². The summed E-state index contributed by atoms with van der Waals surface area (Å²) in [5, 5.41) is 9.07. The van der Waals surface area contributed by atoms with Crippen LogP contribution in [0.2, 0.25) is 0 Å². The van der Waals surface area contributed by atoms with Crippen LogP contribution in [0.1, 0.15) is 55.0 Å². The third kappa shape index (κ3) is 5.11. The standard InChI is InChI=1S/C21H23FN4O4/c1-12-14(9-10-29-12)19(28)24-16-11-13(5-6-15(16)22)23-17(27)7-8-18-25-20(26-30-18)21(2,3)4/h5-6,9-11H,7-8H2,1-4H3,(H,23,27)(H,24,28). The van der Waals surface area contributed by atoms with Gasteiger partial charge in [0.05, 0.1) is 17.5 Å². The lowest BCUT2D eigenvalue weighted by molar-refractivity contribution is -0.116. The van der Waals surface area contributed by atoms with E-state index in [1.54, 1.807) is 6.92 Å². The third-order valence-electron chi connectivity index (χ3n) is 4.31. The van der Waals surface area contributed by atoms with Crippen molar-refractivity contribution in [2.24, 2.45) is 0 Å². The fraction of sp³-hybridized carbons (Fsp3) is 0.333. The molecular formula is C21H23FN4O4. The smallest absolute Gasteiger partial charge is 0.259 e. The average Bonchev–Trinajstić information content (AvgIpc) is 3.31. The van der Waals surface area contributed by atoms with E-state index in [0.29, 0.717) is 28.7 Å². The van der Waals surface area contributed by atoms with Gasteiger partial charge in [-0.15, -0.1) is 0 Å². The molecule has 2 heterocycles. The normalized spacial score (nSPS) is 11.4. The van der Waals surface area contributed by atoms with Crippen LogP contribution in [0.5, 0.6) is 0 Å². The maximum Gasteiger partial charge on any atom is 0.259 e. The highest BCUT2D eigenvalue weighted by molar-refractivity contribution is 6.05. The lowest BCUT2D eigenvalue weighted by Gasteiger charge is -2.11. The van der Waals surface area contributed by atoms with Crippen LogP contribution < -0.4 is 10.6 Å². The molecule has 0 bridgehead atoms. The van der Waals surface area contributed by atoms with Crippen LogP contribution in [0.3, 0.4) is 0 Å². The predicted octanol–water partition coefficient (Wildman–Crippen LogP) is 4.23. The lowest BCUT2D eigenvalue weighted by atomic mass is 9.96. The second-order valence-electron chi connectivity index (χ2n) is 7.85. The van der Waals surface area contributed by atoms with E-state index in [1.807, 2.05) is 20.8 Å². The molecule has 0 aliphatic carbocycles. The number of anilines is 2. The Morgan fingerprint density at radius 2 is 1.93 bits per heavy atom. The molecule has 2 aromatic heterocycles. The van der Waals surface area contributed by atoms with Crippen molar-refractivity contribution in [2.45, 2.75) is 46.0 Å². The fourth-order valence-electron chi connectivity index (χ4n) is 2.61. The van der Waals surface area contributed by atoms with Crippen LogP contribution in [-0.2, 0) is 16.6 Å². The molecule has 30 heavy (non-hydrogen) atoms. The number of hydrogen-bond acceptors (Lipinski definition) is 6. The summed E-state index contributed by atoms with van der Waals surface area (Å²) in [7, 11) is 0. The van der Waals surface area contributed by atoms with E-state index in [1.165, 1.54) is 30.5 Å². The van der Waals surface area contributed by atoms with Crippen molar-refractivity contribution in [3.8, 4) is 0 Å². The Kier molecular flexibility index (Phi) is 6.00. The summed E-state index contributed by atoms with van der Waals surface area (Å²) in [4.78, 5) is 28.8. The Labute approximate surface area is 172 Å². The highest BCUT2D eigenvalue weighted by Gasteiger charge is 2.21. The number of halogens is 1. The summed E-state index contributed by atoms with van der Waals surface area (Å²) >= 11 is 0. The molecular weight excluding hydrogens is 391 g/mol. The number of carbonyl (C=O) groups excluding carboxylic acids is 2. The number of nitrogens with zero attached hydrogens (tertiary/aromatic N) is 2. The van der Waals surface area contributed by atoms with Gasteiger partial charge in [-0.05, 0) is 31.2 Å². The number of nitrogens with one attached hydrogen (secondary N) is 2. The van der Waals surface area contributed by atoms with Crippen LogP contribution in [0.25, 0.3) is 0 Å². The monoisotopic (exact) mass is 414 g/mol. The minimum absolute atomic E-state index is 0.0508. The number of rotatable bonds is 6. The fourth-order valence-corrected chi connectivity index (χ4v) is 2.61. The first-order chi connectivity index (χ1) is 14.1. The number of carbonyl (C=O) groups is 2. The molecule has 0 saturated carbocycles. The molecule has 0 atom stereocenters. The van der Waals surface area contributed by atoms with Gasteiger partial charge < -0.3 is 19.6 Å². The minimum Gasteiger partial charge on any atom is -0.469 e. The molecule has 3 rings (SSSR count). The Balaban J connectivity index is 1.60. The van der Waals surface area contributed by atoms with E-state index in [4.69, 9.17) is 8.94 Å². The van der Waals surface area contributed by atoms with Gasteiger partial charge in [0.25, 0.3) is 5.91 Å². The van der Waals surface area contributed by atoms with Crippen LogP contribution in [0.4, 0.5) is 15.8 Å². The second kappa shape index (κ2) is 8.48. The zero-order valence-electron chi connectivity index (χ0n) is 17.2. The third-order valence-corrected chi connectivity index (χ3v) is 4.31. The number of aryl methyl sites for hydroxylation is 2. The Morgan fingerprint density at radius 1 is 1.17 bits per heavy atom. The Bertz CT molecular complexity index is 1070. The minimum atomic E-state index is -0.622. The van der Waals surface area contributed by atoms with Gasteiger partial charge in [-0.2, -0.15) is 4.98 Å². The van der Waals surface area contributed by atoms with Gasteiger partial charge in [0.15, 0.2) is 5.82 Å². The van der Waals surface area contributed by atoms with E-state index < -0.39 is 11.7 Å². The van der Waals surface area contributed by atoms with Crippen LogP contribution in [0.15, 0.2) is 39.5 Å². The molecule has 0 unspecified atom stereocenters. The van der Waals surface area contributed by atoms with Gasteiger partial charge in [-0.3, -0.25) is 9.59 Å². The zero-order valence-corrected chi connectivity index (χ0v) is 17.2. The molecule has 8 nitrogen and oxygen atoms in total. The first-order valence-electron chi connectivity index (χ1n) is 9.41. The van der Waals surface area contributed by atoms with Crippen molar-refractivity contribution in [1.29, 1.82) is 0 Å². The number of amides is 2. The van der Waals surface area contributed by atoms with Crippen molar-refractivity contribution in [1.82, 2.24) is 10.1 Å². The van der Waals surface area contributed by atoms with Gasteiger partial charge >= 0.3 is 0 Å². The first kappa shape index (κ1) is 21.2. The molecule has 158 valence electrons. The predicted molar refractivity (Wildman–Crippen MR) is 108 cm³/mol. The molecule has 0 fully saturated rings. The van der Waals surface area contributed by atoms with Gasteiger partial charge in [0.2, 0.25) is 11.8 Å². The van der Waals surface area contributed by atoms with Crippen molar-refractivity contribution in [3.63, 3.8) is 0 Å². The molecule has 0 saturated heterocycles. The topological polar surface area (TPSA) is 110 Å². The van der Waals surface area contributed by atoms with Gasteiger partial charge in [0, 0.05) is 23.9 Å². The van der Waals surface area contributed by atoms with Crippen LogP contribution >= 0.6 is 0 Å². The Morgan fingerprint density at radius 3 is 2.57 bits per heavy atom. The average molecular weight is 414 g/mol. The summed E-state index contributed by atoms with van der Waals surface area (Å²) in [5.41, 5.74) is 0.359. The van der Waals surface area contributed by atoms with Gasteiger partial charge in [-0.25, -0.2) is 4.39 Å². The van der Waals surface area contributed by atoms with E-state index in [0.717, 1.165) is 0 Å². The van der Waals surface area contributed by atoms with Crippen molar-refractivity contribution in [2.75, 3.05) is 10.6 Å². The summed E-state index contributed by atoms with van der Waals surface area (Å²) in [6.07, 6.45) is 1.77. The Hall–Kier alpha value is -3.49. The molecule has 0 spiro atoms. The van der Waals surface area contributed by atoms with Crippen molar-refractivity contribution >= 4 is 23.2 Å². The zero-order chi connectivity index (χ0) is 21.9. The maximum atomic E-state index is 14.1. The first-order valence-corrected chi connectivity index (χ1v) is 9.41. The molecule has 0 aliphatic rings. The molecule has 2 N–H and O–H groups in total. The van der Waals surface area contributed by atoms with E-state index in [-0.39, 0.29) is 29.9 Å². The largest absolute Gasteiger partial charge is 0.469 e. The van der Waals surface area contributed by atoms with E-state index >= 15 is 0 Å². The molecule has 0 aliphatic heterocycles. The molecule has 9 heteroatoms. The summed E-state index contributed by atoms with van der Waals surface area (Å²) in [6, 6.07) is 5.43. The summed E-state index contributed by atoms with van der Waals surface area (Å²) < 4.78 is 24.4. The van der Waals surface area contributed by atoms with Crippen LogP contribution in [-0.4, -0.2) is 22.0 Å². The molecule has 2 amide bonds. The van der Waals surface area contributed by atoms with E-state index in [2.05, 4.69) is 20.8 Å². The highest BCUT2D eigenvalue weighted by atomic mass is 19.1.